The van der Waals surface area contributed by atoms with Crippen LogP contribution in [0.4, 0.5) is 0 Å². The topological polar surface area (TPSA) is 97.0 Å². The van der Waals surface area contributed by atoms with Gasteiger partial charge in [0.15, 0.2) is 0 Å². The highest BCUT2D eigenvalue weighted by atomic mass is 35.5. The summed E-state index contributed by atoms with van der Waals surface area (Å²) in [7, 11) is 0. The van der Waals surface area contributed by atoms with Gasteiger partial charge in [0, 0.05) is 43.1 Å². The van der Waals surface area contributed by atoms with E-state index < -0.39 is 5.63 Å². The largest absolute Gasteiger partial charge is 0.506 e. The lowest BCUT2D eigenvalue weighted by atomic mass is 9.97. The van der Waals surface area contributed by atoms with Gasteiger partial charge in [0.1, 0.15) is 17.9 Å². The minimum atomic E-state index is -0.611. The number of aromatic hydroxyl groups is 1. The van der Waals surface area contributed by atoms with E-state index in [0.717, 1.165) is 0 Å². The maximum absolute atomic E-state index is 12.3. The lowest BCUT2D eigenvalue weighted by molar-refractivity contribution is -0.152. The number of phenolic OH excluding ortho intramolecular Hbond substituents is 1. The molecule has 0 saturated carbocycles. The molecule has 1 aliphatic rings. The number of hydrogen-bond acceptors (Lipinski definition) is 6. The standard InChI is InChI=1S/C18H18ClNO6/c1-10(21)20-4-2-11(3-5-20)18(24)25-9-12-6-17(23)26-16-8-15(22)14(19)7-13(12)16/h6-8,11,22H,2-5,9H2,1H3. The molecule has 2 heterocycles. The van der Waals surface area contributed by atoms with Crippen molar-refractivity contribution in [3.63, 3.8) is 0 Å². The zero-order valence-electron chi connectivity index (χ0n) is 14.2. The predicted molar refractivity (Wildman–Crippen MR) is 93.9 cm³/mol. The molecule has 7 nitrogen and oxygen atoms in total. The first-order chi connectivity index (χ1) is 12.3. The first kappa shape index (κ1) is 18.3. The van der Waals surface area contributed by atoms with E-state index in [1.807, 2.05) is 0 Å². The number of halogens is 1. The molecule has 1 aromatic carbocycles. The van der Waals surface area contributed by atoms with Crippen molar-refractivity contribution in [1.29, 1.82) is 0 Å². The number of rotatable bonds is 3. The second-order valence-corrected chi connectivity index (χ2v) is 6.69. The fraction of sp³-hybridized carbons (Fsp3) is 0.389. The molecule has 1 saturated heterocycles. The summed E-state index contributed by atoms with van der Waals surface area (Å²) in [6, 6.07) is 3.95. The molecule has 1 aromatic heterocycles. The Labute approximate surface area is 154 Å². The Bertz CT molecular complexity index is 914. The van der Waals surface area contributed by atoms with Crippen LogP contribution in [0.15, 0.2) is 27.4 Å². The number of carbonyl (C=O) groups is 2. The fourth-order valence-electron chi connectivity index (χ4n) is 3.05. The number of carbonyl (C=O) groups excluding carboxylic acids is 2. The van der Waals surface area contributed by atoms with E-state index >= 15 is 0 Å². The van der Waals surface area contributed by atoms with Gasteiger partial charge in [-0.3, -0.25) is 9.59 Å². The van der Waals surface area contributed by atoms with E-state index in [1.165, 1.54) is 25.1 Å². The summed E-state index contributed by atoms with van der Waals surface area (Å²) >= 11 is 5.91. The highest BCUT2D eigenvalue weighted by Crippen LogP contribution is 2.30. The van der Waals surface area contributed by atoms with E-state index in [0.29, 0.717) is 36.9 Å². The molecule has 0 radical (unpaired) electrons. The molecule has 26 heavy (non-hydrogen) atoms. The monoisotopic (exact) mass is 379 g/mol. The molecule has 1 fully saturated rings. The second-order valence-electron chi connectivity index (χ2n) is 6.28. The highest BCUT2D eigenvalue weighted by molar-refractivity contribution is 6.32. The van der Waals surface area contributed by atoms with Crippen molar-refractivity contribution in [1.82, 2.24) is 4.90 Å². The Morgan fingerprint density at radius 3 is 2.65 bits per heavy atom. The summed E-state index contributed by atoms with van der Waals surface area (Å²) in [5.41, 5.74) is 0.00734. The Morgan fingerprint density at radius 1 is 1.31 bits per heavy atom. The van der Waals surface area contributed by atoms with Crippen molar-refractivity contribution in [3.8, 4) is 5.75 Å². The Morgan fingerprint density at radius 2 is 2.00 bits per heavy atom. The summed E-state index contributed by atoms with van der Waals surface area (Å²) in [5, 5.41) is 10.2. The van der Waals surface area contributed by atoms with Gasteiger partial charge in [0.25, 0.3) is 0 Å². The summed E-state index contributed by atoms with van der Waals surface area (Å²) in [6.07, 6.45) is 1.10. The van der Waals surface area contributed by atoms with Crippen molar-refractivity contribution in [2.75, 3.05) is 13.1 Å². The normalized spacial score (nSPS) is 15.2. The van der Waals surface area contributed by atoms with Gasteiger partial charge in [-0.15, -0.1) is 0 Å². The zero-order valence-corrected chi connectivity index (χ0v) is 14.9. The van der Waals surface area contributed by atoms with Gasteiger partial charge in [-0.05, 0) is 18.9 Å². The summed E-state index contributed by atoms with van der Waals surface area (Å²) in [6.45, 7) is 2.46. The zero-order chi connectivity index (χ0) is 18.8. The van der Waals surface area contributed by atoms with Gasteiger partial charge in [0.2, 0.25) is 5.91 Å². The second kappa shape index (κ2) is 7.37. The molecular formula is C18H18ClNO6. The minimum absolute atomic E-state index is 0.000528. The highest BCUT2D eigenvalue weighted by Gasteiger charge is 2.27. The summed E-state index contributed by atoms with van der Waals surface area (Å²) in [5.74, 6) is -0.836. The molecule has 1 aliphatic heterocycles. The number of ether oxygens (including phenoxy) is 1. The van der Waals surface area contributed by atoms with Crippen LogP contribution in [0, 0.1) is 5.92 Å². The van der Waals surface area contributed by atoms with E-state index in [4.69, 9.17) is 20.8 Å². The van der Waals surface area contributed by atoms with Gasteiger partial charge < -0.3 is 19.2 Å². The first-order valence-electron chi connectivity index (χ1n) is 8.22. The Hall–Kier alpha value is -2.54. The number of nitrogens with zero attached hydrogens (tertiary/aromatic N) is 1. The van der Waals surface area contributed by atoms with Crippen molar-refractivity contribution in [2.45, 2.75) is 26.4 Å². The number of benzene rings is 1. The third-order valence-corrected chi connectivity index (χ3v) is 4.84. The van der Waals surface area contributed by atoms with E-state index in [-0.39, 0.29) is 40.8 Å². The number of likely N-dealkylation sites (tertiary alicyclic amines) is 1. The minimum Gasteiger partial charge on any atom is -0.506 e. The number of esters is 1. The molecule has 0 spiro atoms. The molecule has 1 N–H and O–H groups in total. The van der Waals surface area contributed by atoms with Crippen LogP contribution in [-0.2, 0) is 20.9 Å². The van der Waals surface area contributed by atoms with Gasteiger partial charge in [-0.25, -0.2) is 4.79 Å². The molecule has 138 valence electrons. The van der Waals surface area contributed by atoms with Crippen LogP contribution in [0.25, 0.3) is 11.0 Å². The van der Waals surface area contributed by atoms with Crippen LogP contribution in [-0.4, -0.2) is 35.0 Å². The van der Waals surface area contributed by atoms with Crippen molar-refractivity contribution in [3.05, 3.63) is 39.2 Å². The average molecular weight is 380 g/mol. The number of piperidine rings is 1. The molecule has 3 rings (SSSR count). The first-order valence-corrected chi connectivity index (χ1v) is 8.60. The van der Waals surface area contributed by atoms with Crippen LogP contribution in [0.1, 0.15) is 25.3 Å². The lowest BCUT2D eigenvalue weighted by Crippen LogP contribution is -2.39. The quantitative estimate of drug-likeness (QED) is 0.650. The Kier molecular flexibility index (Phi) is 5.18. The predicted octanol–water partition coefficient (Wildman–Crippen LogP) is 2.45. The fourth-order valence-corrected chi connectivity index (χ4v) is 3.22. The van der Waals surface area contributed by atoms with Crippen LogP contribution in [0.2, 0.25) is 5.02 Å². The van der Waals surface area contributed by atoms with Crippen molar-refractivity contribution in [2.24, 2.45) is 5.92 Å². The van der Waals surface area contributed by atoms with E-state index in [2.05, 4.69) is 0 Å². The summed E-state index contributed by atoms with van der Waals surface area (Å²) < 4.78 is 10.4. The van der Waals surface area contributed by atoms with Crippen molar-refractivity contribution >= 4 is 34.4 Å². The third kappa shape index (κ3) is 3.83. The summed E-state index contributed by atoms with van der Waals surface area (Å²) in [4.78, 5) is 37.0. The van der Waals surface area contributed by atoms with Crippen LogP contribution >= 0.6 is 11.6 Å². The van der Waals surface area contributed by atoms with Gasteiger partial charge in [-0.2, -0.15) is 0 Å². The molecule has 0 aliphatic carbocycles. The Balaban J connectivity index is 1.72. The van der Waals surface area contributed by atoms with Crippen LogP contribution < -0.4 is 5.63 Å². The smallest absolute Gasteiger partial charge is 0.336 e. The molecule has 8 heteroatoms. The van der Waals surface area contributed by atoms with Crippen molar-refractivity contribution < 1.29 is 23.8 Å². The van der Waals surface area contributed by atoms with Crippen LogP contribution in [0.3, 0.4) is 0 Å². The number of amides is 1. The van der Waals surface area contributed by atoms with Gasteiger partial charge in [0.05, 0.1) is 10.9 Å². The van der Waals surface area contributed by atoms with E-state index in [1.54, 1.807) is 4.90 Å². The maximum atomic E-state index is 12.3. The van der Waals surface area contributed by atoms with Gasteiger partial charge >= 0.3 is 11.6 Å². The van der Waals surface area contributed by atoms with Crippen LogP contribution in [0.5, 0.6) is 5.75 Å². The molecule has 0 unspecified atom stereocenters. The average Bonchev–Trinajstić information content (AvgIpc) is 2.61. The number of hydrogen-bond donors (Lipinski definition) is 1. The molecule has 0 atom stereocenters. The lowest BCUT2D eigenvalue weighted by Gasteiger charge is -2.30. The maximum Gasteiger partial charge on any atom is 0.336 e. The number of phenols is 1. The molecule has 2 aromatic rings. The van der Waals surface area contributed by atoms with Gasteiger partial charge in [-0.1, -0.05) is 11.6 Å². The molecular weight excluding hydrogens is 362 g/mol. The SMILES string of the molecule is CC(=O)N1CCC(C(=O)OCc2cc(=O)oc3cc(O)c(Cl)cc23)CC1. The van der Waals surface area contributed by atoms with E-state index in [9.17, 15) is 19.5 Å². The number of fused-ring (bicyclic) bond motifs is 1. The molecule has 0 bridgehead atoms. The molecule has 1 amide bonds. The third-order valence-electron chi connectivity index (χ3n) is 4.54.